The summed E-state index contributed by atoms with van der Waals surface area (Å²) < 4.78 is 3.31. The van der Waals surface area contributed by atoms with Crippen LogP contribution in [0.1, 0.15) is 41.3 Å². The molecule has 0 fully saturated rings. The van der Waals surface area contributed by atoms with E-state index in [4.69, 9.17) is 0 Å². The highest BCUT2D eigenvalue weighted by atomic mass is 79.9. The molecule has 0 radical (unpaired) electrons. The lowest BCUT2D eigenvalue weighted by Gasteiger charge is -2.39. The molecule has 3 aromatic rings. The number of carbonyl (C=O) groups is 1. The van der Waals surface area contributed by atoms with Gasteiger partial charge < -0.3 is 9.67 Å². The maximum absolute atomic E-state index is 12.6. The first-order valence-electron chi connectivity index (χ1n) is 10.7. The van der Waals surface area contributed by atoms with Crippen molar-refractivity contribution >= 4 is 39.0 Å². The van der Waals surface area contributed by atoms with Crippen molar-refractivity contribution in [1.29, 1.82) is 0 Å². The van der Waals surface area contributed by atoms with Crippen molar-refractivity contribution < 1.29 is 9.90 Å². The maximum atomic E-state index is 12.6. The molecule has 1 amide bonds. The average molecular weight is 481 g/mol. The summed E-state index contributed by atoms with van der Waals surface area (Å²) in [5.41, 5.74) is 8.64. The van der Waals surface area contributed by atoms with E-state index in [-0.39, 0.29) is 17.7 Å². The second-order valence-corrected chi connectivity index (χ2v) is 9.33. The molecule has 7 heteroatoms. The standard InChI is InChI=1S/C24H25BrN4O2/c1-15-5-7-20-19(11-15)18-3-2-4-21-24(18)29(20)10-9-28(21)14-23(31)27-26-13-16-12-17(25)6-8-22(16)30/h5-8,11-13,21,30H,2-4,9-10,14H2,1H3,(H,27,31)/b26-13+/t21-/m1/s1. The second kappa shape index (κ2) is 8.13. The van der Waals surface area contributed by atoms with Crippen molar-refractivity contribution in [2.75, 3.05) is 13.1 Å². The molecule has 2 aromatic carbocycles. The highest BCUT2D eigenvalue weighted by molar-refractivity contribution is 9.10. The van der Waals surface area contributed by atoms with Gasteiger partial charge in [-0.05, 0) is 62.1 Å². The minimum Gasteiger partial charge on any atom is -0.507 e. The largest absolute Gasteiger partial charge is 0.507 e. The summed E-state index contributed by atoms with van der Waals surface area (Å²) in [5, 5.41) is 15.3. The minimum atomic E-state index is -0.140. The predicted molar refractivity (Wildman–Crippen MR) is 125 cm³/mol. The van der Waals surface area contributed by atoms with Crippen LogP contribution in [-0.4, -0.2) is 39.8 Å². The number of rotatable bonds is 4. The summed E-state index contributed by atoms with van der Waals surface area (Å²) in [6.45, 7) is 4.20. The van der Waals surface area contributed by atoms with Crippen LogP contribution in [0.2, 0.25) is 0 Å². The van der Waals surface area contributed by atoms with Gasteiger partial charge in [0.1, 0.15) is 5.75 Å². The van der Waals surface area contributed by atoms with E-state index in [1.165, 1.54) is 33.9 Å². The first-order chi connectivity index (χ1) is 15.0. The van der Waals surface area contributed by atoms with Crippen molar-refractivity contribution in [2.45, 2.75) is 38.8 Å². The van der Waals surface area contributed by atoms with Crippen LogP contribution >= 0.6 is 15.9 Å². The highest BCUT2D eigenvalue weighted by Gasteiger charge is 2.35. The van der Waals surface area contributed by atoms with Gasteiger partial charge in [-0.2, -0.15) is 5.10 Å². The van der Waals surface area contributed by atoms with Gasteiger partial charge in [0.2, 0.25) is 0 Å². The van der Waals surface area contributed by atoms with Gasteiger partial charge in [0.05, 0.1) is 18.8 Å². The Hall–Kier alpha value is -2.64. The molecular weight excluding hydrogens is 456 g/mol. The van der Waals surface area contributed by atoms with Crippen LogP contribution in [0.5, 0.6) is 5.75 Å². The Morgan fingerprint density at radius 2 is 2.16 bits per heavy atom. The number of aryl methyl sites for hydroxylation is 2. The molecule has 1 aliphatic carbocycles. The van der Waals surface area contributed by atoms with Gasteiger partial charge >= 0.3 is 0 Å². The normalized spacial score (nSPS) is 18.5. The average Bonchev–Trinajstić information content (AvgIpc) is 3.07. The van der Waals surface area contributed by atoms with Gasteiger partial charge in [-0.3, -0.25) is 9.69 Å². The Kier molecular flexibility index (Phi) is 5.32. The molecule has 160 valence electrons. The van der Waals surface area contributed by atoms with E-state index in [0.717, 1.165) is 36.8 Å². The van der Waals surface area contributed by atoms with E-state index in [1.807, 2.05) is 0 Å². The monoisotopic (exact) mass is 480 g/mol. The molecule has 0 unspecified atom stereocenters. The van der Waals surface area contributed by atoms with Gasteiger partial charge in [-0.25, -0.2) is 5.43 Å². The molecule has 0 spiro atoms. The third-order valence-electron chi connectivity index (χ3n) is 6.37. The Labute approximate surface area is 189 Å². The van der Waals surface area contributed by atoms with Crippen molar-refractivity contribution in [3.63, 3.8) is 0 Å². The van der Waals surface area contributed by atoms with Crippen LogP contribution in [-0.2, 0) is 17.8 Å². The molecule has 1 atom stereocenters. The molecule has 2 heterocycles. The molecule has 6 nitrogen and oxygen atoms in total. The van der Waals surface area contributed by atoms with Crippen molar-refractivity contribution in [3.05, 3.63) is 63.3 Å². The number of phenolic OH excluding ortho intramolecular Hbond substituents is 1. The molecule has 0 saturated heterocycles. The first-order valence-corrected chi connectivity index (χ1v) is 11.5. The fourth-order valence-electron chi connectivity index (χ4n) is 5.00. The molecule has 5 rings (SSSR count). The number of benzene rings is 2. The van der Waals surface area contributed by atoms with E-state index >= 15 is 0 Å². The van der Waals surface area contributed by atoms with Gasteiger partial charge in [-0.15, -0.1) is 0 Å². The Bertz CT molecular complexity index is 1200. The third kappa shape index (κ3) is 3.77. The molecule has 2 N–H and O–H groups in total. The number of halogens is 1. The number of nitrogens with one attached hydrogen (secondary N) is 1. The van der Waals surface area contributed by atoms with Gasteiger partial charge in [-0.1, -0.05) is 27.6 Å². The lowest BCUT2D eigenvalue weighted by Crippen LogP contribution is -2.44. The number of hydrogen-bond donors (Lipinski definition) is 2. The van der Waals surface area contributed by atoms with Crippen LogP contribution in [0.4, 0.5) is 0 Å². The Morgan fingerprint density at radius 3 is 3.03 bits per heavy atom. The van der Waals surface area contributed by atoms with E-state index in [0.29, 0.717) is 12.1 Å². The smallest absolute Gasteiger partial charge is 0.254 e. The van der Waals surface area contributed by atoms with Gasteiger partial charge in [0, 0.05) is 39.7 Å². The summed E-state index contributed by atoms with van der Waals surface area (Å²) in [4.78, 5) is 14.9. The number of phenols is 1. The highest BCUT2D eigenvalue weighted by Crippen LogP contribution is 2.42. The summed E-state index contributed by atoms with van der Waals surface area (Å²) in [7, 11) is 0. The number of aromatic nitrogens is 1. The van der Waals surface area contributed by atoms with Crippen molar-refractivity contribution in [1.82, 2.24) is 14.9 Å². The van der Waals surface area contributed by atoms with Crippen LogP contribution in [0.15, 0.2) is 46.0 Å². The minimum absolute atomic E-state index is 0.120. The SMILES string of the molecule is Cc1ccc2c(c1)c1c3n2CCN(CC(=O)N/N=C/c2cc(Br)ccc2O)[C@@H]3CCC1. The van der Waals surface area contributed by atoms with E-state index in [9.17, 15) is 9.90 Å². The van der Waals surface area contributed by atoms with Crippen LogP contribution < -0.4 is 5.43 Å². The third-order valence-corrected chi connectivity index (χ3v) is 6.86. The summed E-state index contributed by atoms with van der Waals surface area (Å²) in [6.07, 6.45) is 4.79. The predicted octanol–water partition coefficient (Wildman–Crippen LogP) is 4.26. The molecule has 0 saturated carbocycles. The topological polar surface area (TPSA) is 69.9 Å². The van der Waals surface area contributed by atoms with Crippen molar-refractivity contribution in [3.8, 4) is 5.75 Å². The molecule has 1 aliphatic heterocycles. The molecule has 0 bridgehead atoms. The second-order valence-electron chi connectivity index (χ2n) is 8.41. The molecular formula is C24H25BrN4O2. The van der Waals surface area contributed by atoms with E-state index < -0.39 is 0 Å². The summed E-state index contributed by atoms with van der Waals surface area (Å²) in [6, 6.07) is 12.1. The fraction of sp³-hybridized carbons (Fsp3) is 0.333. The zero-order chi connectivity index (χ0) is 21.5. The molecule has 1 aromatic heterocycles. The van der Waals surface area contributed by atoms with Crippen LogP contribution in [0.3, 0.4) is 0 Å². The van der Waals surface area contributed by atoms with Crippen molar-refractivity contribution in [2.24, 2.45) is 5.10 Å². The number of carbonyl (C=O) groups excluding carboxylic acids is 1. The number of nitrogens with zero attached hydrogens (tertiary/aromatic N) is 3. The fourth-order valence-corrected chi connectivity index (χ4v) is 5.38. The summed E-state index contributed by atoms with van der Waals surface area (Å²) >= 11 is 3.37. The van der Waals surface area contributed by atoms with Gasteiger partial charge in [0.25, 0.3) is 5.91 Å². The Morgan fingerprint density at radius 1 is 1.29 bits per heavy atom. The summed E-state index contributed by atoms with van der Waals surface area (Å²) in [5.74, 6) is -0.0201. The number of aromatic hydroxyl groups is 1. The molecule has 2 aliphatic rings. The number of hydrogen-bond acceptors (Lipinski definition) is 4. The number of amides is 1. The molecule has 31 heavy (non-hydrogen) atoms. The van der Waals surface area contributed by atoms with Crippen LogP contribution in [0.25, 0.3) is 10.9 Å². The Balaban J connectivity index is 1.32. The van der Waals surface area contributed by atoms with Crippen LogP contribution in [0, 0.1) is 6.92 Å². The van der Waals surface area contributed by atoms with Gasteiger partial charge in [0.15, 0.2) is 0 Å². The number of fused-ring (bicyclic) bond motifs is 3. The zero-order valence-electron chi connectivity index (χ0n) is 17.4. The van der Waals surface area contributed by atoms with E-state index in [2.05, 4.69) is 61.0 Å². The zero-order valence-corrected chi connectivity index (χ0v) is 19.0. The number of hydrazone groups is 1. The lowest BCUT2D eigenvalue weighted by molar-refractivity contribution is -0.123. The van der Waals surface area contributed by atoms with E-state index in [1.54, 1.807) is 18.2 Å². The maximum Gasteiger partial charge on any atom is 0.254 e. The first kappa shape index (κ1) is 20.3. The quantitative estimate of drug-likeness (QED) is 0.432. The lowest BCUT2D eigenvalue weighted by atomic mass is 9.89.